The number of carbonyl (C=O) groups excluding carboxylic acids is 2. The van der Waals surface area contributed by atoms with Crippen LogP contribution in [0.25, 0.3) is 0 Å². The summed E-state index contributed by atoms with van der Waals surface area (Å²) in [6, 6.07) is 7.65. The Morgan fingerprint density at radius 1 is 1.23 bits per heavy atom. The van der Waals surface area contributed by atoms with Crippen LogP contribution in [0.5, 0.6) is 0 Å². The number of rotatable bonds is 7. The zero-order valence-electron chi connectivity index (χ0n) is 21.5. The van der Waals surface area contributed by atoms with Crippen molar-refractivity contribution in [3.05, 3.63) is 52.3 Å². The van der Waals surface area contributed by atoms with Crippen LogP contribution in [0.3, 0.4) is 0 Å². The third-order valence-corrected chi connectivity index (χ3v) is 5.93. The Bertz CT molecular complexity index is 1040. The van der Waals surface area contributed by atoms with E-state index in [0.717, 1.165) is 16.8 Å². The normalized spacial score (nSPS) is 14.3. The van der Waals surface area contributed by atoms with Gasteiger partial charge in [-0.3, -0.25) is 4.79 Å². The molecule has 1 aromatic carbocycles. The molecule has 1 unspecified atom stereocenters. The molecule has 1 aliphatic heterocycles. The molecule has 1 aliphatic rings. The monoisotopic (exact) mass is 501 g/mol. The van der Waals surface area contributed by atoms with E-state index >= 15 is 0 Å². The van der Waals surface area contributed by atoms with E-state index in [9.17, 15) is 9.59 Å². The molecule has 1 N–H and O–H groups in total. The summed E-state index contributed by atoms with van der Waals surface area (Å²) < 4.78 is 5.50. The minimum atomic E-state index is -0.594. The number of benzene rings is 1. The minimum absolute atomic E-state index is 0.0187. The first-order chi connectivity index (χ1) is 16.4. The lowest BCUT2D eigenvalue weighted by atomic mass is 9.94. The van der Waals surface area contributed by atoms with E-state index in [1.807, 2.05) is 57.8 Å². The molecule has 1 atom stereocenters. The van der Waals surface area contributed by atoms with Crippen LogP contribution in [0.2, 0.25) is 5.02 Å². The highest BCUT2D eigenvalue weighted by molar-refractivity contribution is 6.30. The number of likely N-dealkylation sites (N-methyl/N-ethyl adjacent to an activating group) is 1. The second-order valence-electron chi connectivity index (χ2n) is 10.3. The maximum absolute atomic E-state index is 13.4. The van der Waals surface area contributed by atoms with Crippen LogP contribution < -0.4 is 5.32 Å². The number of aromatic nitrogens is 2. The van der Waals surface area contributed by atoms with Gasteiger partial charge in [-0.1, -0.05) is 23.7 Å². The van der Waals surface area contributed by atoms with Crippen LogP contribution in [0, 0.1) is 0 Å². The van der Waals surface area contributed by atoms with Crippen LogP contribution in [0.15, 0.2) is 30.5 Å². The molecule has 0 saturated carbocycles. The Hall–Kier alpha value is -2.87. The zero-order valence-corrected chi connectivity index (χ0v) is 22.2. The first-order valence-corrected chi connectivity index (χ1v) is 12.4. The van der Waals surface area contributed by atoms with Gasteiger partial charge in [0.15, 0.2) is 0 Å². The van der Waals surface area contributed by atoms with Crippen LogP contribution in [0.1, 0.15) is 63.8 Å². The third-order valence-electron chi connectivity index (χ3n) is 5.68. The number of carbonyl (C=O) groups is 2. The molecular weight excluding hydrogens is 466 g/mol. The molecule has 0 bridgehead atoms. The fraction of sp³-hybridized carbons (Fsp3) is 0.538. The molecule has 9 heteroatoms. The molecule has 0 saturated heterocycles. The molecule has 0 aliphatic carbocycles. The smallest absolute Gasteiger partial charge is 0.410 e. The van der Waals surface area contributed by atoms with Crippen molar-refractivity contribution in [2.24, 2.45) is 0 Å². The molecule has 35 heavy (non-hydrogen) atoms. The summed E-state index contributed by atoms with van der Waals surface area (Å²) in [5.74, 6) is 0.387. The second kappa shape index (κ2) is 11.2. The average molecular weight is 502 g/mol. The number of amides is 2. The summed E-state index contributed by atoms with van der Waals surface area (Å²) in [4.78, 5) is 38.4. The molecule has 1 aromatic heterocycles. The Kier molecular flexibility index (Phi) is 8.59. The molecular formula is C26H36ClN5O3. The van der Waals surface area contributed by atoms with E-state index < -0.39 is 11.7 Å². The van der Waals surface area contributed by atoms with Gasteiger partial charge in [-0.05, 0) is 64.3 Å². The number of hydrogen-bond acceptors (Lipinski definition) is 6. The number of hydrogen-bond donors (Lipinski definition) is 1. The van der Waals surface area contributed by atoms with Gasteiger partial charge in [0.25, 0.3) is 0 Å². The van der Waals surface area contributed by atoms with Crippen molar-refractivity contribution in [3.63, 3.8) is 0 Å². The van der Waals surface area contributed by atoms with Gasteiger partial charge in [0, 0.05) is 49.7 Å². The van der Waals surface area contributed by atoms with E-state index in [2.05, 4.69) is 15.3 Å². The van der Waals surface area contributed by atoms with Crippen LogP contribution in [-0.2, 0) is 22.5 Å². The first kappa shape index (κ1) is 26.7. The van der Waals surface area contributed by atoms with E-state index in [1.165, 1.54) is 4.90 Å². The van der Waals surface area contributed by atoms with Crippen molar-refractivity contribution >= 4 is 29.5 Å². The highest BCUT2D eigenvalue weighted by Crippen LogP contribution is 2.26. The maximum atomic E-state index is 13.4. The lowest BCUT2D eigenvalue weighted by Gasteiger charge is -2.31. The van der Waals surface area contributed by atoms with Gasteiger partial charge in [-0.2, -0.15) is 0 Å². The van der Waals surface area contributed by atoms with Crippen molar-refractivity contribution in [2.45, 2.75) is 71.6 Å². The molecule has 2 aromatic rings. The summed E-state index contributed by atoms with van der Waals surface area (Å²) in [7, 11) is 1.69. The maximum Gasteiger partial charge on any atom is 0.410 e. The highest BCUT2D eigenvalue weighted by Gasteiger charge is 2.28. The fourth-order valence-corrected chi connectivity index (χ4v) is 4.08. The quantitative estimate of drug-likeness (QED) is 0.582. The van der Waals surface area contributed by atoms with E-state index in [1.54, 1.807) is 19.2 Å². The van der Waals surface area contributed by atoms with Gasteiger partial charge in [-0.15, -0.1) is 0 Å². The van der Waals surface area contributed by atoms with Crippen LogP contribution in [0.4, 0.5) is 10.7 Å². The zero-order chi connectivity index (χ0) is 25.8. The number of anilines is 1. The lowest BCUT2D eigenvalue weighted by molar-refractivity contribution is -0.132. The van der Waals surface area contributed by atoms with Crippen LogP contribution in [-0.4, -0.2) is 63.5 Å². The van der Waals surface area contributed by atoms with E-state index in [0.29, 0.717) is 37.0 Å². The fourth-order valence-electron chi connectivity index (χ4n) is 3.95. The van der Waals surface area contributed by atoms with Crippen molar-refractivity contribution < 1.29 is 14.3 Å². The van der Waals surface area contributed by atoms with Crippen LogP contribution >= 0.6 is 11.6 Å². The predicted molar refractivity (Wildman–Crippen MR) is 138 cm³/mol. The molecule has 2 amide bonds. The van der Waals surface area contributed by atoms with Crippen molar-refractivity contribution in [3.8, 4) is 0 Å². The summed E-state index contributed by atoms with van der Waals surface area (Å²) in [5, 5.41) is 3.84. The van der Waals surface area contributed by atoms with E-state index in [4.69, 9.17) is 16.3 Å². The van der Waals surface area contributed by atoms with E-state index in [-0.39, 0.29) is 24.3 Å². The molecule has 8 nitrogen and oxygen atoms in total. The first-order valence-electron chi connectivity index (χ1n) is 12.0. The number of halogens is 1. The minimum Gasteiger partial charge on any atom is -0.444 e. The summed E-state index contributed by atoms with van der Waals surface area (Å²) in [5.41, 5.74) is 2.30. The highest BCUT2D eigenvalue weighted by atomic mass is 35.5. The predicted octanol–water partition coefficient (Wildman–Crippen LogP) is 4.88. The number of ether oxygens (including phenoxy) is 1. The average Bonchev–Trinajstić information content (AvgIpc) is 2.77. The Morgan fingerprint density at radius 2 is 1.91 bits per heavy atom. The molecule has 3 rings (SSSR count). The van der Waals surface area contributed by atoms with Crippen molar-refractivity contribution in [2.75, 3.05) is 25.5 Å². The van der Waals surface area contributed by atoms with Gasteiger partial charge < -0.3 is 19.9 Å². The SMILES string of the molecule is CC(C)Nc1ncc2c(n1)CN(C(=O)CC(CN(C)C(=O)OC(C)(C)C)c1ccc(Cl)cc1)CC2. The number of nitrogens with zero attached hydrogens (tertiary/aromatic N) is 4. The second-order valence-corrected chi connectivity index (χ2v) is 10.8. The van der Waals surface area contributed by atoms with Gasteiger partial charge >= 0.3 is 6.09 Å². The molecule has 2 heterocycles. The lowest BCUT2D eigenvalue weighted by Crippen LogP contribution is -2.40. The Morgan fingerprint density at radius 3 is 2.54 bits per heavy atom. The molecule has 0 radical (unpaired) electrons. The Labute approximate surface area is 213 Å². The molecule has 0 spiro atoms. The summed E-state index contributed by atoms with van der Waals surface area (Å²) >= 11 is 6.09. The summed E-state index contributed by atoms with van der Waals surface area (Å²) in [6.07, 6.45) is 2.40. The van der Waals surface area contributed by atoms with Gasteiger partial charge in [0.05, 0.1) is 12.2 Å². The topological polar surface area (TPSA) is 87.7 Å². The van der Waals surface area contributed by atoms with Gasteiger partial charge in [0.1, 0.15) is 5.60 Å². The summed E-state index contributed by atoms with van der Waals surface area (Å²) in [6.45, 7) is 11.0. The van der Waals surface area contributed by atoms with Crippen molar-refractivity contribution in [1.29, 1.82) is 0 Å². The third kappa shape index (κ3) is 7.82. The Balaban J connectivity index is 1.74. The molecule has 0 fully saturated rings. The molecule has 190 valence electrons. The standard InChI is InChI=1S/C26H36ClN5O3/c1-17(2)29-24-28-14-19-11-12-32(16-22(19)30-24)23(33)13-20(18-7-9-21(27)10-8-18)15-31(6)25(34)35-26(3,4)5/h7-10,14,17,20H,11-13,15-16H2,1-6H3,(H,28,29,30). The number of fused-ring (bicyclic) bond motifs is 1. The largest absolute Gasteiger partial charge is 0.444 e. The van der Waals surface area contributed by atoms with Crippen molar-refractivity contribution in [1.82, 2.24) is 19.8 Å². The van der Waals surface area contributed by atoms with Gasteiger partial charge in [-0.25, -0.2) is 14.8 Å². The van der Waals surface area contributed by atoms with Gasteiger partial charge in [0.2, 0.25) is 11.9 Å². The number of nitrogens with one attached hydrogen (secondary N) is 1.